The molecular weight excluding hydrogens is 392 g/mol. The molecule has 0 saturated heterocycles. The Morgan fingerprint density at radius 1 is 1.24 bits per heavy atom. The van der Waals surface area contributed by atoms with Gasteiger partial charge in [0, 0.05) is 11.8 Å². The normalized spacial score (nSPS) is 10.8. The molecule has 0 atom stereocenters. The van der Waals surface area contributed by atoms with Gasteiger partial charge in [0.25, 0.3) is 5.91 Å². The highest BCUT2D eigenvalue weighted by Gasteiger charge is 2.08. The number of hydrogen-bond donors (Lipinski definition) is 2. The molecule has 1 aromatic heterocycles. The SMILES string of the molecule is CSc1nnnn1-c1cccc(NC(=O)/C=C/c2ccc(OCC(N)=O)cc2)c1. The third kappa shape index (κ3) is 5.66. The maximum absolute atomic E-state index is 12.2. The number of anilines is 1. The fraction of sp³-hybridized carbons (Fsp3) is 0.105. The summed E-state index contributed by atoms with van der Waals surface area (Å²) in [5.74, 6) is -0.299. The van der Waals surface area contributed by atoms with Crippen LogP contribution in [0, 0.1) is 0 Å². The molecule has 1 heterocycles. The number of rotatable bonds is 8. The number of nitrogens with zero attached hydrogens (tertiary/aromatic N) is 4. The van der Waals surface area contributed by atoms with E-state index in [9.17, 15) is 9.59 Å². The number of nitrogens with two attached hydrogens (primary N) is 1. The summed E-state index contributed by atoms with van der Waals surface area (Å²) in [7, 11) is 0. The molecule has 3 rings (SSSR count). The van der Waals surface area contributed by atoms with Crippen LogP contribution >= 0.6 is 11.8 Å². The minimum Gasteiger partial charge on any atom is -0.484 e. The lowest BCUT2D eigenvalue weighted by atomic mass is 10.2. The molecule has 2 amide bonds. The molecule has 0 aliphatic heterocycles. The number of thioether (sulfide) groups is 1. The molecule has 0 saturated carbocycles. The smallest absolute Gasteiger partial charge is 0.255 e. The van der Waals surface area contributed by atoms with Crippen molar-refractivity contribution in [1.29, 1.82) is 0 Å². The van der Waals surface area contributed by atoms with Crippen molar-refractivity contribution < 1.29 is 14.3 Å². The van der Waals surface area contributed by atoms with Crippen LogP contribution in [-0.4, -0.2) is 44.9 Å². The summed E-state index contributed by atoms with van der Waals surface area (Å²) >= 11 is 1.42. The monoisotopic (exact) mass is 410 g/mol. The van der Waals surface area contributed by atoms with Crippen molar-refractivity contribution in [3.63, 3.8) is 0 Å². The number of ether oxygens (including phenoxy) is 1. The van der Waals surface area contributed by atoms with Crippen molar-refractivity contribution in [3.8, 4) is 11.4 Å². The number of carbonyl (C=O) groups is 2. The van der Waals surface area contributed by atoms with Gasteiger partial charge in [-0.05, 0) is 58.7 Å². The maximum Gasteiger partial charge on any atom is 0.255 e. The zero-order valence-electron chi connectivity index (χ0n) is 15.5. The Bertz CT molecular complexity index is 1030. The fourth-order valence-corrected chi connectivity index (χ4v) is 2.80. The van der Waals surface area contributed by atoms with Crippen molar-refractivity contribution in [1.82, 2.24) is 20.2 Å². The lowest BCUT2D eigenvalue weighted by Crippen LogP contribution is -2.19. The Morgan fingerprint density at radius 2 is 2.03 bits per heavy atom. The molecule has 0 fully saturated rings. The molecule has 9 nitrogen and oxygen atoms in total. The molecule has 10 heteroatoms. The van der Waals surface area contributed by atoms with Gasteiger partial charge in [0.15, 0.2) is 6.61 Å². The van der Waals surface area contributed by atoms with E-state index in [1.54, 1.807) is 47.2 Å². The van der Waals surface area contributed by atoms with Crippen LogP contribution in [0.3, 0.4) is 0 Å². The molecule has 2 aromatic carbocycles. The van der Waals surface area contributed by atoms with E-state index in [0.29, 0.717) is 16.6 Å². The molecule has 0 aliphatic carbocycles. The standard InChI is InChI=1S/C19H18N6O3S/c1-29-19-22-23-24-25(19)15-4-2-3-14(11-15)21-18(27)10-7-13-5-8-16(9-6-13)28-12-17(20)26/h2-11H,12H2,1H3,(H2,20,26)(H,21,27)/b10-7+. The second-order valence-electron chi connectivity index (χ2n) is 5.77. The van der Waals surface area contributed by atoms with E-state index in [2.05, 4.69) is 20.8 Å². The van der Waals surface area contributed by atoms with Gasteiger partial charge >= 0.3 is 0 Å². The number of nitrogens with one attached hydrogen (secondary N) is 1. The van der Waals surface area contributed by atoms with E-state index >= 15 is 0 Å². The molecule has 3 aromatic rings. The lowest BCUT2D eigenvalue weighted by molar-refractivity contribution is -0.120. The average Bonchev–Trinajstić information content (AvgIpc) is 3.20. The second-order valence-corrected chi connectivity index (χ2v) is 6.55. The summed E-state index contributed by atoms with van der Waals surface area (Å²) in [6, 6.07) is 14.1. The van der Waals surface area contributed by atoms with E-state index in [0.717, 1.165) is 11.3 Å². The molecule has 148 valence electrons. The number of carbonyl (C=O) groups excluding carboxylic acids is 2. The van der Waals surface area contributed by atoms with Gasteiger partial charge in [0.2, 0.25) is 11.1 Å². The zero-order valence-corrected chi connectivity index (χ0v) is 16.3. The summed E-state index contributed by atoms with van der Waals surface area (Å²) in [6.07, 6.45) is 4.98. The van der Waals surface area contributed by atoms with Gasteiger partial charge in [-0.25, -0.2) is 0 Å². The van der Waals surface area contributed by atoms with Crippen molar-refractivity contribution in [3.05, 3.63) is 60.2 Å². The number of hydrogen-bond acceptors (Lipinski definition) is 7. The third-order valence-electron chi connectivity index (χ3n) is 3.67. The average molecular weight is 410 g/mol. The van der Waals surface area contributed by atoms with E-state index in [1.165, 1.54) is 17.8 Å². The number of benzene rings is 2. The Morgan fingerprint density at radius 3 is 2.76 bits per heavy atom. The largest absolute Gasteiger partial charge is 0.484 e. The van der Waals surface area contributed by atoms with Gasteiger partial charge in [-0.3, -0.25) is 9.59 Å². The number of tetrazole rings is 1. The molecule has 0 radical (unpaired) electrons. The van der Waals surface area contributed by atoms with Gasteiger partial charge in [0.1, 0.15) is 5.75 Å². The highest BCUT2D eigenvalue weighted by molar-refractivity contribution is 7.98. The first kappa shape index (κ1) is 20.1. The van der Waals surface area contributed by atoms with E-state index in [1.807, 2.05) is 18.4 Å². The quantitative estimate of drug-likeness (QED) is 0.429. The minimum absolute atomic E-state index is 0.181. The van der Waals surface area contributed by atoms with Gasteiger partial charge in [-0.2, -0.15) is 4.68 Å². The third-order valence-corrected chi connectivity index (χ3v) is 4.29. The number of primary amides is 1. The minimum atomic E-state index is -0.542. The van der Waals surface area contributed by atoms with Crippen molar-refractivity contribution in [2.75, 3.05) is 18.2 Å². The lowest BCUT2D eigenvalue weighted by Gasteiger charge is -2.06. The van der Waals surface area contributed by atoms with E-state index < -0.39 is 5.91 Å². The molecule has 29 heavy (non-hydrogen) atoms. The maximum atomic E-state index is 12.2. The Hall–Kier alpha value is -3.66. The second kappa shape index (κ2) is 9.51. The molecule has 3 N–H and O–H groups in total. The van der Waals surface area contributed by atoms with Gasteiger partial charge in [-0.1, -0.05) is 30.0 Å². The van der Waals surface area contributed by atoms with Crippen LogP contribution in [0.2, 0.25) is 0 Å². The van der Waals surface area contributed by atoms with Crippen LogP contribution in [0.5, 0.6) is 5.75 Å². The zero-order chi connectivity index (χ0) is 20.6. The van der Waals surface area contributed by atoms with Crippen molar-refractivity contribution >= 4 is 35.3 Å². The Labute approximate surface area is 170 Å². The van der Waals surface area contributed by atoms with Crippen LogP contribution in [-0.2, 0) is 9.59 Å². The summed E-state index contributed by atoms with van der Waals surface area (Å²) in [5.41, 5.74) is 7.20. The van der Waals surface area contributed by atoms with Gasteiger partial charge in [0.05, 0.1) is 5.69 Å². The van der Waals surface area contributed by atoms with Gasteiger partial charge in [-0.15, -0.1) is 5.10 Å². The fourth-order valence-electron chi connectivity index (χ4n) is 2.37. The van der Waals surface area contributed by atoms with E-state index in [4.69, 9.17) is 10.5 Å². The first-order chi connectivity index (χ1) is 14.0. The first-order valence-electron chi connectivity index (χ1n) is 8.48. The topological polar surface area (TPSA) is 125 Å². The van der Waals surface area contributed by atoms with Crippen molar-refractivity contribution in [2.24, 2.45) is 5.73 Å². The van der Waals surface area contributed by atoms with E-state index in [-0.39, 0.29) is 12.5 Å². The first-order valence-corrected chi connectivity index (χ1v) is 9.70. The highest BCUT2D eigenvalue weighted by atomic mass is 32.2. The Balaban J connectivity index is 1.62. The summed E-state index contributed by atoms with van der Waals surface area (Å²) in [5, 5.41) is 15.0. The van der Waals surface area contributed by atoms with Gasteiger partial charge < -0.3 is 15.8 Å². The molecular formula is C19H18N6O3S. The molecule has 0 spiro atoms. The number of aromatic nitrogens is 4. The van der Waals surface area contributed by atoms with Crippen LogP contribution in [0.1, 0.15) is 5.56 Å². The summed E-state index contributed by atoms with van der Waals surface area (Å²) in [4.78, 5) is 22.9. The predicted molar refractivity (Wildman–Crippen MR) is 110 cm³/mol. The van der Waals surface area contributed by atoms with Crippen LogP contribution in [0.4, 0.5) is 5.69 Å². The summed E-state index contributed by atoms with van der Waals surface area (Å²) in [6.45, 7) is -0.181. The van der Waals surface area contributed by atoms with Crippen LogP contribution in [0.15, 0.2) is 59.8 Å². The molecule has 0 unspecified atom stereocenters. The van der Waals surface area contributed by atoms with Crippen molar-refractivity contribution in [2.45, 2.75) is 5.16 Å². The Kier molecular flexibility index (Phi) is 6.59. The number of amides is 2. The van der Waals surface area contributed by atoms with Crippen LogP contribution in [0.25, 0.3) is 11.8 Å². The van der Waals surface area contributed by atoms with Crippen LogP contribution < -0.4 is 15.8 Å². The molecule has 0 aliphatic rings. The predicted octanol–water partition coefficient (Wildman–Crippen LogP) is 1.90. The summed E-state index contributed by atoms with van der Waals surface area (Å²) < 4.78 is 6.79. The highest BCUT2D eigenvalue weighted by Crippen LogP contribution is 2.19. The molecule has 0 bridgehead atoms.